The van der Waals surface area contributed by atoms with Gasteiger partial charge in [-0.25, -0.2) is 4.98 Å². The van der Waals surface area contributed by atoms with E-state index >= 15 is 0 Å². The Morgan fingerprint density at radius 2 is 1.92 bits per heavy atom. The number of nitrogens with one attached hydrogen (secondary N) is 2. The number of thiazole rings is 1. The number of hydrogen-bond acceptors (Lipinski definition) is 7. The van der Waals surface area contributed by atoms with Crippen LogP contribution in [0, 0.1) is 0 Å². The maximum Gasteiger partial charge on any atom is 0.204 e. The van der Waals surface area contributed by atoms with Crippen molar-refractivity contribution in [1.82, 2.24) is 25.6 Å². The summed E-state index contributed by atoms with van der Waals surface area (Å²) in [4.78, 5) is 4.53. The molecule has 8 heteroatoms. The minimum absolute atomic E-state index is 0.552. The van der Waals surface area contributed by atoms with Crippen molar-refractivity contribution in [1.29, 1.82) is 0 Å². The molecule has 4 rings (SSSR count). The molecule has 0 aliphatic heterocycles. The molecule has 7 nitrogen and oxygen atoms in total. The van der Waals surface area contributed by atoms with Gasteiger partial charge in [-0.05, 0) is 16.8 Å². The normalized spacial score (nSPS) is 11.0. The van der Waals surface area contributed by atoms with Crippen molar-refractivity contribution in [3.63, 3.8) is 0 Å². The molecule has 0 spiro atoms. The standard InChI is InChI=1S/C17H13N7S/c1-2-6-13(7-3-1)15-11-25-17(19-15)22-18-10-12-5-4-8-14(9-12)16-20-23-24-21-16/h1-11H,(H,19,22)(H,20,21,23,24). The highest BCUT2D eigenvalue weighted by Gasteiger charge is 2.04. The number of H-pyrrole nitrogens is 1. The van der Waals surface area contributed by atoms with Crippen molar-refractivity contribution in [2.24, 2.45) is 5.10 Å². The molecule has 0 aliphatic carbocycles. The lowest BCUT2D eigenvalue weighted by atomic mass is 10.1. The van der Waals surface area contributed by atoms with E-state index in [9.17, 15) is 0 Å². The average molecular weight is 347 g/mol. The van der Waals surface area contributed by atoms with Gasteiger partial charge in [-0.15, -0.1) is 21.5 Å². The van der Waals surface area contributed by atoms with E-state index in [-0.39, 0.29) is 0 Å². The molecule has 122 valence electrons. The summed E-state index contributed by atoms with van der Waals surface area (Å²) in [6, 6.07) is 17.8. The average Bonchev–Trinajstić information content (AvgIpc) is 3.35. The molecule has 0 saturated carbocycles. The summed E-state index contributed by atoms with van der Waals surface area (Å²) in [6.45, 7) is 0. The molecule has 0 radical (unpaired) electrons. The van der Waals surface area contributed by atoms with Crippen LogP contribution in [0.1, 0.15) is 5.56 Å². The van der Waals surface area contributed by atoms with Crippen LogP contribution < -0.4 is 5.43 Å². The Balaban J connectivity index is 1.45. The van der Waals surface area contributed by atoms with Gasteiger partial charge in [0.15, 0.2) is 0 Å². The topological polar surface area (TPSA) is 91.7 Å². The largest absolute Gasteiger partial charge is 0.253 e. The zero-order chi connectivity index (χ0) is 16.9. The second-order valence-corrected chi connectivity index (χ2v) is 5.99. The van der Waals surface area contributed by atoms with Gasteiger partial charge in [0.2, 0.25) is 11.0 Å². The van der Waals surface area contributed by atoms with Crippen LogP contribution in [0.2, 0.25) is 0 Å². The monoisotopic (exact) mass is 347 g/mol. The fourth-order valence-electron chi connectivity index (χ4n) is 2.27. The first kappa shape index (κ1) is 15.2. The van der Waals surface area contributed by atoms with Crippen LogP contribution in [-0.2, 0) is 0 Å². The molecule has 2 heterocycles. The molecule has 0 amide bonds. The van der Waals surface area contributed by atoms with Gasteiger partial charge in [-0.1, -0.05) is 48.5 Å². The highest BCUT2D eigenvalue weighted by Crippen LogP contribution is 2.24. The van der Waals surface area contributed by atoms with E-state index in [0.29, 0.717) is 5.82 Å². The summed E-state index contributed by atoms with van der Waals surface area (Å²) in [5.74, 6) is 0.552. The van der Waals surface area contributed by atoms with Crippen LogP contribution in [0.5, 0.6) is 0 Å². The van der Waals surface area contributed by atoms with E-state index in [0.717, 1.165) is 27.5 Å². The summed E-state index contributed by atoms with van der Waals surface area (Å²) in [5.41, 5.74) is 6.78. The van der Waals surface area contributed by atoms with Crippen molar-refractivity contribution in [2.45, 2.75) is 0 Å². The van der Waals surface area contributed by atoms with Crippen molar-refractivity contribution in [2.75, 3.05) is 5.43 Å². The van der Waals surface area contributed by atoms with E-state index in [2.05, 4.69) is 36.1 Å². The molecule has 0 bridgehead atoms. The van der Waals surface area contributed by atoms with Gasteiger partial charge in [0.1, 0.15) is 0 Å². The smallest absolute Gasteiger partial charge is 0.204 e. The fraction of sp³-hybridized carbons (Fsp3) is 0. The Kier molecular flexibility index (Phi) is 4.25. The van der Waals surface area contributed by atoms with E-state index in [1.54, 1.807) is 6.21 Å². The third kappa shape index (κ3) is 3.59. The Labute approximate surface area is 147 Å². The Morgan fingerprint density at radius 3 is 2.76 bits per heavy atom. The number of aromatic amines is 1. The highest BCUT2D eigenvalue weighted by molar-refractivity contribution is 7.14. The highest BCUT2D eigenvalue weighted by atomic mass is 32.1. The van der Waals surface area contributed by atoms with Crippen LogP contribution in [-0.4, -0.2) is 31.8 Å². The molecule has 2 aromatic heterocycles. The zero-order valence-corrected chi connectivity index (χ0v) is 13.8. The molecule has 2 N–H and O–H groups in total. The zero-order valence-electron chi connectivity index (χ0n) is 13.0. The van der Waals surface area contributed by atoms with Gasteiger partial charge in [0.25, 0.3) is 0 Å². The number of hydrazone groups is 1. The van der Waals surface area contributed by atoms with E-state index in [4.69, 9.17) is 0 Å². The maximum absolute atomic E-state index is 4.53. The maximum atomic E-state index is 4.53. The molecule has 0 unspecified atom stereocenters. The van der Waals surface area contributed by atoms with Gasteiger partial charge >= 0.3 is 0 Å². The predicted molar refractivity (Wildman–Crippen MR) is 98.4 cm³/mol. The van der Waals surface area contributed by atoms with Crippen LogP contribution in [0.4, 0.5) is 5.13 Å². The number of anilines is 1. The first-order chi connectivity index (χ1) is 12.4. The van der Waals surface area contributed by atoms with Gasteiger partial charge in [-0.3, -0.25) is 5.43 Å². The second-order valence-electron chi connectivity index (χ2n) is 5.13. The molecule has 0 fully saturated rings. The second kappa shape index (κ2) is 7.02. The first-order valence-electron chi connectivity index (χ1n) is 7.52. The SMILES string of the molecule is C(=NNc1nc(-c2ccccc2)cs1)c1cccc(-c2nn[nH]n2)c1. The van der Waals surface area contributed by atoms with Crippen molar-refractivity contribution < 1.29 is 0 Å². The number of nitrogens with zero attached hydrogens (tertiary/aromatic N) is 5. The summed E-state index contributed by atoms with van der Waals surface area (Å²) >= 11 is 1.51. The quantitative estimate of drug-likeness (QED) is 0.426. The van der Waals surface area contributed by atoms with Crippen LogP contribution in [0.3, 0.4) is 0 Å². The predicted octanol–water partition coefficient (Wildman–Crippen LogP) is 3.44. The third-order valence-corrected chi connectivity index (χ3v) is 4.18. The van der Waals surface area contributed by atoms with Gasteiger partial charge in [0.05, 0.1) is 11.9 Å². The minimum atomic E-state index is 0.552. The molecular weight excluding hydrogens is 334 g/mol. The van der Waals surface area contributed by atoms with Gasteiger partial charge in [0, 0.05) is 16.5 Å². The number of aromatic nitrogens is 5. The van der Waals surface area contributed by atoms with Crippen LogP contribution in [0.25, 0.3) is 22.6 Å². The van der Waals surface area contributed by atoms with E-state index in [1.165, 1.54) is 11.3 Å². The number of rotatable bonds is 5. The number of tetrazole rings is 1. The van der Waals surface area contributed by atoms with Crippen LogP contribution >= 0.6 is 11.3 Å². The fourth-order valence-corrected chi connectivity index (χ4v) is 2.94. The summed E-state index contributed by atoms with van der Waals surface area (Å²) in [7, 11) is 0. The van der Waals surface area contributed by atoms with Gasteiger partial charge in [-0.2, -0.15) is 10.3 Å². The van der Waals surface area contributed by atoms with E-state index in [1.807, 2.05) is 60.0 Å². The molecular formula is C17H13N7S. The Hall–Kier alpha value is -3.39. The van der Waals surface area contributed by atoms with E-state index < -0.39 is 0 Å². The number of benzene rings is 2. The van der Waals surface area contributed by atoms with Crippen molar-refractivity contribution in [3.05, 3.63) is 65.5 Å². The minimum Gasteiger partial charge on any atom is -0.253 e. The molecule has 0 aliphatic rings. The summed E-state index contributed by atoms with van der Waals surface area (Å²) in [6.07, 6.45) is 1.73. The molecule has 0 atom stereocenters. The summed E-state index contributed by atoms with van der Waals surface area (Å²) < 4.78 is 0. The van der Waals surface area contributed by atoms with Crippen molar-refractivity contribution in [3.8, 4) is 22.6 Å². The lowest BCUT2D eigenvalue weighted by Gasteiger charge is -1.98. The molecule has 4 aromatic rings. The summed E-state index contributed by atoms with van der Waals surface area (Å²) in [5, 5.41) is 20.9. The molecule has 0 saturated heterocycles. The molecule has 25 heavy (non-hydrogen) atoms. The first-order valence-corrected chi connectivity index (χ1v) is 8.40. The van der Waals surface area contributed by atoms with Gasteiger partial charge < -0.3 is 0 Å². The molecule has 2 aromatic carbocycles. The lowest BCUT2D eigenvalue weighted by molar-refractivity contribution is 0.881. The van der Waals surface area contributed by atoms with Crippen molar-refractivity contribution >= 4 is 22.7 Å². The van der Waals surface area contributed by atoms with Crippen LogP contribution in [0.15, 0.2) is 65.1 Å². The lowest BCUT2D eigenvalue weighted by Crippen LogP contribution is -1.91. The third-order valence-electron chi connectivity index (χ3n) is 3.44. The Bertz CT molecular complexity index is 977. The number of hydrogen-bond donors (Lipinski definition) is 2. The Morgan fingerprint density at radius 1 is 1.04 bits per heavy atom.